The Morgan fingerprint density at radius 3 is 2.48 bits per heavy atom. The minimum absolute atomic E-state index is 0.0334. The summed E-state index contributed by atoms with van der Waals surface area (Å²) in [5.74, 6) is -2.21. The van der Waals surface area contributed by atoms with Gasteiger partial charge in [0.2, 0.25) is 15.9 Å². The molecule has 0 saturated heterocycles. The van der Waals surface area contributed by atoms with Crippen LogP contribution in [-0.4, -0.2) is 40.2 Å². The van der Waals surface area contributed by atoms with Crippen molar-refractivity contribution in [3.63, 3.8) is 0 Å². The number of hydrogen-bond acceptors (Lipinski definition) is 5. The minimum Gasteiger partial charge on any atom is -0.465 e. The Bertz CT molecular complexity index is 981. The Hall–Kier alpha value is -2.65. The first-order chi connectivity index (χ1) is 12.6. The summed E-state index contributed by atoms with van der Waals surface area (Å²) in [6.45, 7) is -0.657. The van der Waals surface area contributed by atoms with E-state index in [1.54, 1.807) is 0 Å². The predicted octanol–water partition coefficient (Wildman–Crippen LogP) is 2.67. The summed E-state index contributed by atoms with van der Waals surface area (Å²) >= 11 is 5.91. The van der Waals surface area contributed by atoms with E-state index in [-0.39, 0.29) is 22.0 Å². The summed E-state index contributed by atoms with van der Waals surface area (Å²) in [5, 5.41) is 2.58. The van der Waals surface area contributed by atoms with E-state index in [2.05, 4.69) is 10.1 Å². The number of hydrogen-bond donors (Lipinski definition) is 1. The highest BCUT2D eigenvalue weighted by molar-refractivity contribution is 7.92. The number of nitrogens with zero attached hydrogens (tertiary/aromatic N) is 1. The van der Waals surface area contributed by atoms with Crippen molar-refractivity contribution in [1.82, 2.24) is 0 Å². The van der Waals surface area contributed by atoms with Crippen LogP contribution < -0.4 is 9.62 Å². The van der Waals surface area contributed by atoms with Gasteiger partial charge in [0.1, 0.15) is 12.4 Å². The van der Waals surface area contributed by atoms with Gasteiger partial charge in [-0.1, -0.05) is 23.7 Å². The molecular weight excluding hydrogens is 399 g/mol. The number of nitrogens with one attached hydrogen (secondary N) is 1. The van der Waals surface area contributed by atoms with Gasteiger partial charge >= 0.3 is 5.97 Å². The molecule has 1 N–H and O–H groups in total. The van der Waals surface area contributed by atoms with E-state index in [0.29, 0.717) is 4.31 Å². The molecule has 144 valence electrons. The fourth-order valence-corrected chi connectivity index (χ4v) is 3.29. The SMILES string of the molecule is COC(=O)c1cc(NC(=O)CN(c2ccccc2F)S(C)(=O)=O)ccc1Cl. The normalized spacial score (nSPS) is 11.0. The van der Waals surface area contributed by atoms with Crippen molar-refractivity contribution in [2.45, 2.75) is 0 Å². The van der Waals surface area contributed by atoms with Gasteiger partial charge in [-0.05, 0) is 30.3 Å². The van der Waals surface area contributed by atoms with Crippen molar-refractivity contribution in [2.24, 2.45) is 0 Å². The van der Waals surface area contributed by atoms with Crippen molar-refractivity contribution in [3.05, 3.63) is 58.9 Å². The molecule has 0 saturated carbocycles. The van der Waals surface area contributed by atoms with E-state index in [9.17, 15) is 22.4 Å². The van der Waals surface area contributed by atoms with Crippen LogP contribution in [0.4, 0.5) is 15.8 Å². The van der Waals surface area contributed by atoms with E-state index in [1.165, 1.54) is 43.5 Å². The molecule has 0 bridgehead atoms. The lowest BCUT2D eigenvalue weighted by Crippen LogP contribution is -2.38. The van der Waals surface area contributed by atoms with Gasteiger partial charge in [0.15, 0.2) is 0 Å². The van der Waals surface area contributed by atoms with Crippen molar-refractivity contribution in [3.8, 4) is 0 Å². The number of benzene rings is 2. The number of ether oxygens (including phenoxy) is 1. The van der Waals surface area contributed by atoms with E-state index >= 15 is 0 Å². The molecule has 1 amide bonds. The molecule has 7 nitrogen and oxygen atoms in total. The van der Waals surface area contributed by atoms with Crippen molar-refractivity contribution >= 4 is 44.9 Å². The maximum atomic E-state index is 14.0. The van der Waals surface area contributed by atoms with Crippen molar-refractivity contribution in [2.75, 3.05) is 29.5 Å². The largest absolute Gasteiger partial charge is 0.465 e. The molecule has 0 fully saturated rings. The summed E-state index contributed by atoms with van der Waals surface area (Å²) in [4.78, 5) is 24.0. The second-order valence-electron chi connectivity index (χ2n) is 5.46. The fourth-order valence-electron chi connectivity index (χ4n) is 2.24. The van der Waals surface area contributed by atoms with Crippen LogP contribution in [0.2, 0.25) is 5.02 Å². The zero-order chi connectivity index (χ0) is 20.2. The van der Waals surface area contributed by atoms with Gasteiger partial charge in [-0.2, -0.15) is 0 Å². The summed E-state index contributed by atoms with van der Waals surface area (Å²) < 4.78 is 43.2. The highest BCUT2D eigenvalue weighted by Gasteiger charge is 2.23. The molecule has 0 atom stereocenters. The molecule has 0 unspecified atom stereocenters. The first-order valence-corrected chi connectivity index (χ1v) is 9.76. The van der Waals surface area contributed by atoms with Gasteiger partial charge in [0, 0.05) is 5.69 Å². The van der Waals surface area contributed by atoms with Gasteiger partial charge in [0.05, 0.1) is 29.6 Å². The van der Waals surface area contributed by atoms with Gasteiger partial charge < -0.3 is 10.1 Å². The molecule has 2 aromatic carbocycles. The summed E-state index contributed by atoms with van der Waals surface area (Å²) in [6, 6.07) is 9.31. The van der Waals surface area contributed by atoms with Gasteiger partial charge in [0.25, 0.3) is 0 Å². The Balaban J connectivity index is 2.25. The minimum atomic E-state index is -3.92. The molecular formula is C17H16ClFN2O5S. The van der Waals surface area contributed by atoms with Crippen LogP contribution in [0.25, 0.3) is 0 Å². The maximum absolute atomic E-state index is 14.0. The standard InChI is InChI=1S/C17H16ClFN2O5S/c1-26-17(23)12-9-11(7-8-13(12)18)20-16(22)10-21(27(2,24)25)15-6-4-3-5-14(15)19/h3-9H,10H2,1-2H3,(H,20,22). The topological polar surface area (TPSA) is 92.8 Å². The Kier molecular flexibility index (Phi) is 6.40. The summed E-state index contributed by atoms with van der Waals surface area (Å²) in [5.41, 5.74) is -0.0145. The van der Waals surface area contributed by atoms with Crippen LogP contribution >= 0.6 is 11.6 Å². The Labute approximate surface area is 160 Å². The van der Waals surface area contributed by atoms with Crippen molar-refractivity contribution in [1.29, 1.82) is 0 Å². The fraction of sp³-hybridized carbons (Fsp3) is 0.176. The lowest BCUT2D eigenvalue weighted by molar-refractivity contribution is -0.114. The predicted molar refractivity (Wildman–Crippen MR) is 100 cm³/mol. The number of carbonyl (C=O) groups is 2. The van der Waals surface area contributed by atoms with Gasteiger partial charge in [-0.25, -0.2) is 17.6 Å². The molecule has 2 aromatic rings. The lowest BCUT2D eigenvalue weighted by Gasteiger charge is -2.22. The second-order valence-corrected chi connectivity index (χ2v) is 7.77. The number of para-hydroxylation sites is 1. The second kappa shape index (κ2) is 8.36. The molecule has 0 aliphatic rings. The van der Waals surface area contributed by atoms with Crippen LogP contribution in [0, 0.1) is 5.82 Å². The lowest BCUT2D eigenvalue weighted by atomic mass is 10.2. The quantitative estimate of drug-likeness (QED) is 0.733. The van der Waals surface area contributed by atoms with E-state index in [4.69, 9.17) is 11.6 Å². The third-order valence-electron chi connectivity index (χ3n) is 3.46. The number of sulfonamides is 1. The average molecular weight is 415 g/mol. The number of rotatable bonds is 6. The van der Waals surface area contributed by atoms with Gasteiger partial charge in [-0.15, -0.1) is 0 Å². The van der Waals surface area contributed by atoms with Crippen molar-refractivity contribution < 1.29 is 27.1 Å². The number of anilines is 2. The molecule has 2 rings (SSSR count). The van der Waals surface area contributed by atoms with E-state index in [0.717, 1.165) is 12.3 Å². The smallest absolute Gasteiger partial charge is 0.339 e. The average Bonchev–Trinajstić information content (AvgIpc) is 2.60. The molecule has 10 heteroatoms. The number of carbonyl (C=O) groups excluding carboxylic acids is 2. The third kappa shape index (κ3) is 5.18. The molecule has 0 radical (unpaired) electrons. The number of methoxy groups -OCH3 is 1. The number of amides is 1. The zero-order valence-corrected chi connectivity index (χ0v) is 16.0. The first kappa shape index (κ1) is 20.7. The Morgan fingerprint density at radius 1 is 1.22 bits per heavy atom. The van der Waals surface area contributed by atoms with Crippen LogP contribution in [0.5, 0.6) is 0 Å². The van der Waals surface area contributed by atoms with Gasteiger partial charge in [-0.3, -0.25) is 9.10 Å². The molecule has 0 aliphatic heterocycles. The zero-order valence-electron chi connectivity index (χ0n) is 14.4. The monoisotopic (exact) mass is 414 g/mol. The maximum Gasteiger partial charge on any atom is 0.339 e. The Morgan fingerprint density at radius 2 is 1.89 bits per heavy atom. The summed E-state index contributed by atoms with van der Waals surface area (Å²) in [7, 11) is -2.74. The molecule has 0 spiro atoms. The number of esters is 1. The highest BCUT2D eigenvalue weighted by Crippen LogP contribution is 2.23. The van der Waals surface area contributed by atoms with E-state index in [1.807, 2.05) is 0 Å². The van der Waals surface area contributed by atoms with E-state index < -0.39 is 34.3 Å². The molecule has 0 aliphatic carbocycles. The van der Waals surface area contributed by atoms with Crippen LogP contribution in [0.3, 0.4) is 0 Å². The van der Waals surface area contributed by atoms with Crippen LogP contribution in [0.15, 0.2) is 42.5 Å². The summed E-state index contributed by atoms with van der Waals surface area (Å²) in [6.07, 6.45) is 0.865. The first-order valence-electron chi connectivity index (χ1n) is 7.53. The molecule has 27 heavy (non-hydrogen) atoms. The van der Waals surface area contributed by atoms with Crippen LogP contribution in [0.1, 0.15) is 10.4 Å². The van der Waals surface area contributed by atoms with Crippen LogP contribution in [-0.2, 0) is 19.6 Å². The third-order valence-corrected chi connectivity index (χ3v) is 4.92. The molecule has 0 aromatic heterocycles. The number of halogens is 2. The highest BCUT2D eigenvalue weighted by atomic mass is 35.5. The molecule has 0 heterocycles.